The smallest absolute Gasteiger partial charge is 0.0229 e. The number of nitrogens with two attached hydrogens (primary N) is 1. The Morgan fingerprint density at radius 2 is 2.00 bits per heavy atom. The first kappa shape index (κ1) is 15.9. The molecule has 0 aromatic heterocycles. The molecule has 0 spiro atoms. The van der Waals surface area contributed by atoms with E-state index in [1.165, 1.54) is 45.3 Å². The first-order valence-electron chi connectivity index (χ1n) is 7.63. The second-order valence-corrected chi connectivity index (χ2v) is 6.43. The molecule has 1 fully saturated rings. The van der Waals surface area contributed by atoms with Gasteiger partial charge in [-0.2, -0.15) is 0 Å². The van der Waals surface area contributed by atoms with Gasteiger partial charge in [-0.3, -0.25) is 0 Å². The minimum atomic E-state index is 0.773. The number of hydrogen-bond acceptors (Lipinski definition) is 3. The van der Waals surface area contributed by atoms with Crippen LogP contribution in [-0.4, -0.2) is 56.1 Å². The minimum Gasteiger partial charge on any atom is -0.330 e. The molecule has 2 unspecified atom stereocenters. The maximum absolute atomic E-state index is 5.70. The van der Waals surface area contributed by atoms with E-state index in [2.05, 4.69) is 37.7 Å². The van der Waals surface area contributed by atoms with E-state index >= 15 is 0 Å². The van der Waals surface area contributed by atoms with Crippen LogP contribution in [0.4, 0.5) is 0 Å². The molecule has 2 N–H and O–H groups in total. The fraction of sp³-hybridized carbons (Fsp3) is 1.00. The van der Waals surface area contributed by atoms with Crippen LogP contribution in [0.2, 0.25) is 0 Å². The lowest BCUT2D eigenvalue weighted by molar-refractivity contribution is 0.253. The van der Waals surface area contributed by atoms with Crippen molar-refractivity contribution in [3.8, 4) is 0 Å². The van der Waals surface area contributed by atoms with Crippen molar-refractivity contribution in [3.05, 3.63) is 0 Å². The summed E-state index contributed by atoms with van der Waals surface area (Å²) in [6.07, 6.45) is 5.21. The molecule has 1 aliphatic heterocycles. The Hall–Kier alpha value is -0.120. The Morgan fingerprint density at radius 3 is 2.50 bits per heavy atom. The van der Waals surface area contributed by atoms with Gasteiger partial charge in [-0.05, 0) is 71.2 Å². The average Bonchev–Trinajstić information content (AvgIpc) is 2.76. The second-order valence-electron chi connectivity index (χ2n) is 6.43. The summed E-state index contributed by atoms with van der Waals surface area (Å²) in [5.41, 5.74) is 5.70. The van der Waals surface area contributed by atoms with Crippen molar-refractivity contribution in [1.82, 2.24) is 9.80 Å². The summed E-state index contributed by atoms with van der Waals surface area (Å²) in [4.78, 5) is 5.00. The zero-order chi connectivity index (χ0) is 13.5. The lowest BCUT2D eigenvalue weighted by atomic mass is 9.88. The van der Waals surface area contributed by atoms with Gasteiger partial charge in [0.25, 0.3) is 0 Å². The average molecular weight is 255 g/mol. The van der Waals surface area contributed by atoms with E-state index in [1.54, 1.807) is 0 Å². The van der Waals surface area contributed by atoms with Crippen LogP contribution in [0, 0.1) is 11.8 Å². The molecule has 0 aromatic carbocycles. The van der Waals surface area contributed by atoms with Gasteiger partial charge in [-0.1, -0.05) is 13.8 Å². The minimum absolute atomic E-state index is 0.773. The largest absolute Gasteiger partial charge is 0.330 e. The number of nitrogens with zero attached hydrogens (tertiary/aromatic N) is 2. The van der Waals surface area contributed by atoms with Crippen molar-refractivity contribution in [1.29, 1.82) is 0 Å². The first-order valence-corrected chi connectivity index (χ1v) is 7.63. The Bertz CT molecular complexity index is 216. The number of hydrogen-bond donors (Lipinski definition) is 1. The molecule has 0 bridgehead atoms. The molecule has 1 saturated heterocycles. The van der Waals surface area contributed by atoms with Gasteiger partial charge in [0.05, 0.1) is 0 Å². The van der Waals surface area contributed by atoms with E-state index in [4.69, 9.17) is 5.73 Å². The normalized spacial score (nSPS) is 23.2. The molecule has 0 saturated carbocycles. The van der Waals surface area contributed by atoms with Gasteiger partial charge in [-0.15, -0.1) is 0 Å². The van der Waals surface area contributed by atoms with Gasteiger partial charge in [0.2, 0.25) is 0 Å². The molecule has 108 valence electrons. The van der Waals surface area contributed by atoms with Crippen molar-refractivity contribution in [2.45, 2.75) is 45.6 Å². The lowest BCUT2D eigenvalue weighted by Crippen LogP contribution is -2.32. The van der Waals surface area contributed by atoms with Crippen molar-refractivity contribution in [2.75, 3.05) is 40.3 Å². The molecular weight excluding hydrogens is 222 g/mol. The van der Waals surface area contributed by atoms with E-state index in [1.807, 2.05) is 0 Å². The molecule has 1 rings (SSSR count). The van der Waals surface area contributed by atoms with E-state index in [0.717, 1.165) is 24.4 Å². The predicted octanol–water partition coefficient (Wildman–Crippen LogP) is 2.02. The van der Waals surface area contributed by atoms with Gasteiger partial charge in [-0.25, -0.2) is 0 Å². The molecule has 0 amide bonds. The Balaban J connectivity index is 2.17. The lowest BCUT2D eigenvalue weighted by Gasteiger charge is -2.23. The molecule has 2 atom stereocenters. The molecule has 1 heterocycles. The SMILES string of the molecule is CC(C)C(CCN)CCCN1CCC(N(C)C)C1. The molecule has 0 aliphatic carbocycles. The highest BCUT2D eigenvalue weighted by Crippen LogP contribution is 2.21. The van der Waals surface area contributed by atoms with Crippen LogP contribution in [0.15, 0.2) is 0 Å². The van der Waals surface area contributed by atoms with Crippen LogP contribution < -0.4 is 5.73 Å². The predicted molar refractivity (Wildman–Crippen MR) is 79.8 cm³/mol. The summed E-state index contributed by atoms with van der Waals surface area (Å²) >= 11 is 0. The third-order valence-corrected chi connectivity index (χ3v) is 4.51. The Morgan fingerprint density at radius 1 is 1.28 bits per heavy atom. The summed E-state index contributed by atoms with van der Waals surface area (Å²) in [5, 5.41) is 0. The fourth-order valence-electron chi connectivity index (χ4n) is 3.04. The van der Waals surface area contributed by atoms with Crippen LogP contribution in [0.3, 0.4) is 0 Å². The number of likely N-dealkylation sites (tertiary alicyclic amines) is 1. The Labute approximate surface area is 114 Å². The summed E-state index contributed by atoms with van der Waals surface area (Å²) in [7, 11) is 4.40. The van der Waals surface area contributed by atoms with E-state index in [0.29, 0.717) is 0 Å². The molecule has 0 radical (unpaired) electrons. The van der Waals surface area contributed by atoms with Crippen molar-refractivity contribution >= 4 is 0 Å². The fourth-order valence-corrected chi connectivity index (χ4v) is 3.04. The topological polar surface area (TPSA) is 32.5 Å². The highest BCUT2D eigenvalue weighted by Gasteiger charge is 2.23. The number of likely N-dealkylation sites (N-methyl/N-ethyl adjacent to an activating group) is 1. The summed E-state index contributed by atoms with van der Waals surface area (Å²) < 4.78 is 0. The molecule has 3 heteroatoms. The number of rotatable bonds is 8. The third-order valence-electron chi connectivity index (χ3n) is 4.51. The zero-order valence-corrected chi connectivity index (χ0v) is 12.9. The van der Waals surface area contributed by atoms with Crippen LogP contribution in [0.1, 0.15) is 39.5 Å². The summed E-state index contributed by atoms with van der Waals surface area (Å²) in [6.45, 7) is 9.33. The molecule has 1 aliphatic rings. The van der Waals surface area contributed by atoms with Crippen LogP contribution >= 0.6 is 0 Å². The van der Waals surface area contributed by atoms with Crippen LogP contribution in [0.5, 0.6) is 0 Å². The highest BCUT2D eigenvalue weighted by molar-refractivity contribution is 4.80. The van der Waals surface area contributed by atoms with Gasteiger partial charge < -0.3 is 15.5 Å². The quantitative estimate of drug-likeness (QED) is 0.720. The first-order chi connectivity index (χ1) is 8.54. The summed E-state index contributed by atoms with van der Waals surface area (Å²) in [5.74, 6) is 1.60. The van der Waals surface area contributed by atoms with Crippen molar-refractivity contribution in [2.24, 2.45) is 17.6 Å². The van der Waals surface area contributed by atoms with Crippen molar-refractivity contribution in [3.63, 3.8) is 0 Å². The Kier molecular flexibility index (Phi) is 7.20. The van der Waals surface area contributed by atoms with Gasteiger partial charge in [0.1, 0.15) is 0 Å². The van der Waals surface area contributed by atoms with E-state index < -0.39 is 0 Å². The zero-order valence-electron chi connectivity index (χ0n) is 12.9. The third kappa shape index (κ3) is 5.25. The standard InChI is InChI=1S/C15H33N3/c1-13(2)14(7-9-16)6-5-10-18-11-8-15(12-18)17(3)4/h13-15H,5-12,16H2,1-4H3. The van der Waals surface area contributed by atoms with Crippen LogP contribution in [0.25, 0.3) is 0 Å². The van der Waals surface area contributed by atoms with Crippen LogP contribution in [-0.2, 0) is 0 Å². The van der Waals surface area contributed by atoms with E-state index in [9.17, 15) is 0 Å². The van der Waals surface area contributed by atoms with Crippen molar-refractivity contribution < 1.29 is 0 Å². The van der Waals surface area contributed by atoms with Gasteiger partial charge >= 0.3 is 0 Å². The van der Waals surface area contributed by atoms with E-state index in [-0.39, 0.29) is 0 Å². The monoisotopic (exact) mass is 255 g/mol. The molecular formula is C15H33N3. The molecule has 3 nitrogen and oxygen atoms in total. The highest BCUT2D eigenvalue weighted by atomic mass is 15.2. The maximum Gasteiger partial charge on any atom is 0.0229 e. The summed E-state index contributed by atoms with van der Waals surface area (Å²) in [6, 6.07) is 0.773. The molecule has 0 aromatic rings. The molecule has 18 heavy (non-hydrogen) atoms. The van der Waals surface area contributed by atoms with Gasteiger partial charge in [0.15, 0.2) is 0 Å². The van der Waals surface area contributed by atoms with Gasteiger partial charge in [0, 0.05) is 12.6 Å². The maximum atomic E-state index is 5.70. The second kappa shape index (κ2) is 8.13.